The van der Waals surface area contributed by atoms with E-state index in [1.807, 2.05) is 19.9 Å². The number of carbonyl (C=O) groups is 1. The maximum absolute atomic E-state index is 12.3. The molecule has 0 aliphatic carbocycles. The van der Waals surface area contributed by atoms with Crippen LogP contribution >= 0.6 is 0 Å². The van der Waals surface area contributed by atoms with Crippen molar-refractivity contribution in [1.29, 1.82) is 0 Å². The van der Waals surface area contributed by atoms with Crippen molar-refractivity contribution in [3.8, 4) is 5.82 Å². The van der Waals surface area contributed by atoms with Crippen molar-refractivity contribution in [2.75, 3.05) is 6.61 Å². The highest BCUT2D eigenvalue weighted by Gasteiger charge is 2.20. The highest BCUT2D eigenvalue weighted by atomic mass is 16.3. The van der Waals surface area contributed by atoms with Crippen molar-refractivity contribution in [2.45, 2.75) is 47.1 Å². The number of aromatic nitrogens is 3. The molecule has 2 N–H and O–H groups in total. The lowest BCUT2D eigenvalue weighted by Crippen LogP contribution is -2.40. The number of carbonyl (C=O) groups excluding carboxylic acids is 1. The first-order chi connectivity index (χ1) is 11.2. The average molecular weight is 330 g/mol. The van der Waals surface area contributed by atoms with Crippen molar-refractivity contribution >= 4 is 5.91 Å². The molecule has 1 amide bonds. The lowest BCUT2D eigenvalue weighted by atomic mass is 9.88. The van der Waals surface area contributed by atoms with Crippen LogP contribution in [0.1, 0.15) is 48.9 Å². The third-order valence-corrected chi connectivity index (χ3v) is 3.65. The Bertz CT molecular complexity index is 699. The van der Waals surface area contributed by atoms with E-state index < -0.39 is 0 Å². The molecule has 0 saturated carbocycles. The number of hydrogen-bond acceptors (Lipinski definition) is 4. The van der Waals surface area contributed by atoms with Crippen LogP contribution in [0.2, 0.25) is 0 Å². The molecule has 1 atom stereocenters. The molecule has 0 aliphatic rings. The van der Waals surface area contributed by atoms with Gasteiger partial charge in [-0.05, 0) is 43.9 Å². The summed E-state index contributed by atoms with van der Waals surface area (Å²) in [6.07, 6.45) is 2.24. The molecule has 0 bridgehead atoms. The third-order valence-electron chi connectivity index (χ3n) is 3.65. The zero-order chi connectivity index (χ0) is 17.9. The quantitative estimate of drug-likeness (QED) is 0.882. The van der Waals surface area contributed by atoms with Crippen molar-refractivity contribution in [2.24, 2.45) is 5.41 Å². The second-order valence-corrected chi connectivity index (χ2v) is 7.36. The zero-order valence-electron chi connectivity index (χ0n) is 15.0. The van der Waals surface area contributed by atoms with Gasteiger partial charge >= 0.3 is 0 Å². The maximum Gasteiger partial charge on any atom is 0.253 e. The minimum Gasteiger partial charge on any atom is -0.394 e. The second kappa shape index (κ2) is 7.13. The van der Waals surface area contributed by atoms with Gasteiger partial charge in [0.2, 0.25) is 0 Å². The van der Waals surface area contributed by atoms with Gasteiger partial charge in [-0.3, -0.25) is 4.79 Å². The van der Waals surface area contributed by atoms with Crippen LogP contribution < -0.4 is 5.32 Å². The number of hydrogen-bond donors (Lipinski definition) is 2. The summed E-state index contributed by atoms with van der Waals surface area (Å²) in [5.41, 5.74) is 2.40. The summed E-state index contributed by atoms with van der Waals surface area (Å²) in [6, 6.07) is 5.19. The maximum atomic E-state index is 12.3. The third kappa shape index (κ3) is 4.64. The van der Waals surface area contributed by atoms with E-state index in [1.54, 1.807) is 16.8 Å². The molecule has 6 heteroatoms. The molecule has 0 aliphatic heterocycles. The number of nitrogens with one attached hydrogen (secondary N) is 1. The topological polar surface area (TPSA) is 80.0 Å². The van der Waals surface area contributed by atoms with Gasteiger partial charge in [0, 0.05) is 11.9 Å². The van der Waals surface area contributed by atoms with Crippen LogP contribution in [-0.4, -0.2) is 38.4 Å². The molecule has 0 aromatic carbocycles. The van der Waals surface area contributed by atoms with E-state index in [9.17, 15) is 9.90 Å². The Morgan fingerprint density at radius 3 is 2.50 bits per heavy atom. The lowest BCUT2D eigenvalue weighted by Gasteiger charge is -2.25. The number of aliphatic hydroxyl groups is 1. The van der Waals surface area contributed by atoms with Crippen molar-refractivity contribution < 1.29 is 9.90 Å². The number of nitrogens with zero attached hydrogens (tertiary/aromatic N) is 3. The molecule has 0 spiro atoms. The number of aryl methyl sites for hydroxylation is 2. The van der Waals surface area contributed by atoms with Crippen LogP contribution in [0.15, 0.2) is 24.4 Å². The number of amides is 1. The molecule has 0 fully saturated rings. The predicted octanol–water partition coefficient (Wildman–Crippen LogP) is 2.41. The summed E-state index contributed by atoms with van der Waals surface area (Å²) in [6.45, 7) is 10.0. The monoisotopic (exact) mass is 330 g/mol. The molecule has 6 nitrogen and oxygen atoms in total. The van der Waals surface area contributed by atoms with Crippen LogP contribution in [0.3, 0.4) is 0 Å². The first-order valence-corrected chi connectivity index (χ1v) is 8.11. The molecule has 130 valence electrons. The molecular formula is C18H26N4O2. The Labute approximate surface area is 142 Å². The first-order valence-electron chi connectivity index (χ1n) is 8.11. The number of aliphatic hydroxyl groups excluding tert-OH is 1. The van der Waals surface area contributed by atoms with E-state index in [0.29, 0.717) is 17.8 Å². The van der Waals surface area contributed by atoms with Gasteiger partial charge in [-0.2, -0.15) is 5.10 Å². The largest absolute Gasteiger partial charge is 0.394 e. The van der Waals surface area contributed by atoms with Gasteiger partial charge in [-0.15, -0.1) is 0 Å². The highest BCUT2D eigenvalue weighted by molar-refractivity contribution is 5.94. The Morgan fingerprint density at radius 2 is 2.04 bits per heavy atom. The van der Waals surface area contributed by atoms with Gasteiger partial charge in [0.25, 0.3) is 5.91 Å². The normalized spacial score (nSPS) is 12.9. The zero-order valence-corrected chi connectivity index (χ0v) is 15.0. The van der Waals surface area contributed by atoms with Crippen LogP contribution in [0, 0.1) is 19.3 Å². The summed E-state index contributed by atoms with van der Waals surface area (Å²) >= 11 is 0. The van der Waals surface area contributed by atoms with Gasteiger partial charge in [0.1, 0.15) is 0 Å². The van der Waals surface area contributed by atoms with Gasteiger partial charge in [-0.25, -0.2) is 9.67 Å². The Balaban J connectivity index is 2.09. The van der Waals surface area contributed by atoms with E-state index >= 15 is 0 Å². The Morgan fingerprint density at radius 1 is 1.33 bits per heavy atom. The smallest absolute Gasteiger partial charge is 0.253 e. The minimum atomic E-state index is -0.270. The van der Waals surface area contributed by atoms with E-state index in [4.69, 9.17) is 0 Å². The second-order valence-electron chi connectivity index (χ2n) is 7.36. The number of rotatable bonds is 5. The SMILES string of the molecule is Cc1cc(C)n(-c2ccc(C(=O)NC(CO)CC(C)(C)C)cn2)n1. The highest BCUT2D eigenvalue weighted by Crippen LogP contribution is 2.20. The fourth-order valence-electron chi connectivity index (χ4n) is 2.68. The summed E-state index contributed by atoms with van der Waals surface area (Å²) in [5, 5.41) is 16.7. The van der Waals surface area contributed by atoms with Crippen molar-refractivity contribution in [1.82, 2.24) is 20.1 Å². The van der Waals surface area contributed by atoms with Crippen LogP contribution in [0.5, 0.6) is 0 Å². The summed E-state index contributed by atoms with van der Waals surface area (Å²) in [4.78, 5) is 16.7. The molecule has 2 aromatic heterocycles. The van der Waals surface area contributed by atoms with E-state index in [0.717, 1.165) is 11.4 Å². The lowest BCUT2D eigenvalue weighted by molar-refractivity contribution is 0.0897. The predicted molar refractivity (Wildman–Crippen MR) is 93.2 cm³/mol. The van der Waals surface area contributed by atoms with Crippen LogP contribution in [0.4, 0.5) is 0 Å². The molecule has 1 unspecified atom stereocenters. The molecule has 2 heterocycles. The Hall–Kier alpha value is -2.21. The summed E-state index contributed by atoms with van der Waals surface area (Å²) < 4.78 is 1.74. The summed E-state index contributed by atoms with van der Waals surface area (Å²) in [7, 11) is 0. The molecule has 24 heavy (non-hydrogen) atoms. The number of pyridine rings is 1. The molecular weight excluding hydrogens is 304 g/mol. The molecule has 2 aromatic rings. The van der Waals surface area contributed by atoms with Gasteiger partial charge in [0.15, 0.2) is 5.82 Å². The fourth-order valence-corrected chi connectivity index (χ4v) is 2.68. The van der Waals surface area contributed by atoms with Crippen molar-refractivity contribution in [3.05, 3.63) is 41.3 Å². The average Bonchev–Trinajstić information content (AvgIpc) is 2.84. The minimum absolute atomic E-state index is 0.0261. The molecule has 0 saturated heterocycles. The fraction of sp³-hybridized carbons (Fsp3) is 0.500. The first kappa shape index (κ1) is 18.1. The Kier molecular flexibility index (Phi) is 5.39. The summed E-state index contributed by atoms with van der Waals surface area (Å²) in [5.74, 6) is 0.441. The van der Waals surface area contributed by atoms with E-state index in [-0.39, 0.29) is 24.0 Å². The van der Waals surface area contributed by atoms with Crippen LogP contribution in [-0.2, 0) is 0 Å². The van der Waals surface area contributed by atoms with Gasteiger partial charge in [-0.1, -0.05) is 20.8 Å². The standard InChI is InChI=1S/C18H26N4O2/c1-12-8-13(2)22(21-12)16-7-6-14(10-19-16)17(24)20-15(11-23)9-18(3,4)5/h6-8,10,15,23H,9,11H2,1-5H3,(H,20,24). The van der Waals surface area contributed by atoms with Gasteiger partial charge in [0.05, 0.1) is 23.9 Å². The van der Waals surface area contributed by atoms with E-state index in [2.05, 4.69) is 36.2 Å². The molecule has 2 rings (SSSR count). The van der Waals surface area contributed by atoms with Crippen molar-refractivity contribution in [3.63, 3.8) is 0 Å². The van der Waals surface area contributed by atoms with Crippen LogP contribution in [0.25, 0.3) is 5.82 Å². The van der Waals surface area contributed by atoms with Gasteiger partial charge < -0.3 is 10.4 Å². The molecule has 0 radical (unpaired) electrons. The van der Waals surface area contributed by atoms with E-state index in [1.165, 1.54) is 6.20 Å².